The molecule has 0 saturated carbocycles. The van der Waals surface area contributed by atoms with Crippen molar-refractivity contribution in [3.8, 4) is 0 Å². The molecule has 1 atom stereocenters. The Balaban J connectivity index is 2.85. The van der Waals surface area contributed by atoms with Crippen molar-refractivity contribution in [1.29, 1.82) is 0 Å². The van der Waals surface area contributed by atoms with Crippen molar-refractivity contribution in [2.75, 3.05) is 6.26 Å². The van der Waals surface area contributed by atoms with Crippen LogP contribution in [0.4, 0.5) is 0 Å². The van der Waals surface area contributed by atoms with Crippen molar-refractivity contribution in [2.45, 2.75) is 6.42 Å². The van der Waals surface area contributed by atoms with E-state index in [9.17, 15) is 4.79 Å². The lowest BCUT2D eigenvalue weighted by molar-refractivity contribution is 0.0930. The molecule has 2 nitrogen and oxygen atoms in total. The second kappa shape index (κ2) is 5.88. The average molecular weight is 240 g/mol. The Morgan fingerprint density at radius 3 is 3.00 bits per heavy atom. The highest BCUT2D eigenvalue weighted by atomic mass is 32.2. The molecule has 0 aliphatic rings. The van der Waals surface area contributed by atoms with Gasteiger partial charge < -0.3 is 4.42 Å². The average Bonchev–Trinajstić information content (AvgIpc) is 2.77. The SMILES string of the molecule is C=CC[C@H](C(=O)c1ccco1)C(=S)SC. The maximum atomic E-state index is 12.0. The summed E-state index contributed by atoms with van der Waals surface area (Å²) in [6.07, 6.45) is 5.61. The Labute approximate surface area is 98.7 Å². The van der Waals surface area contributed by atoms with Crippen LogP contribution in [0.2, 0.25) is 0 Å². The molecular weight excluding hydrogens is 228 g/mol. The molecule has 1 aromatic rings. The highest BCUT2D eigenvalue weighted by molar-refractivity contribution is 8.22. The summed E-state index contributed by atoms with van der Waals surface area (Å²) in [5.74, 6) is -0.0175. The number of hydrogen-bond acceptors (Lipinski definition) is 4. The maximum absolute atomic E-state index is 12.0. The van der Waals surface area contributed by atoms with Gasteiger partial charge in [0.1, 0.15) is 0 Å². The fourth-order valence-electron chi connectivity index (χ4n) is 1.21. The van der Waals surface area contributed by atoms with Gasteiger partial charge >= 0.3 is 0 Å². The number of Topliss-reactive ketones (excluding diaryl/α,β-unsaturated/α-hetero) is 1. The van der Waals surface area contributed by atoms with Crippen molar-refractivity contribution >= 4 is 34.0 Å². The van der Waals surface area contributed by atoms with Gasteiger partial charge in [-0.3, -0.25) is 4.79 Å². The zero-order valence-corrected chi connectivity index (χ0v) is 10.1. The first kappa shape index (κ1) is 12.2. The van der Waals surface area contributed by atoms with Gasteiger partial charge in [0.2, 0.25) is 5.78 Å². The third kappa shape index (κ3) is 3.04. The summed E-state index contributed by atoms with van der Waals surface area (Å²) < 4.78 is 5.74. The summed E-state index contributed by atoms with van der Waals surface area (Å²) in [4.78, 5) is 12.0. The molecule has 80 valence electrons. The predicted octanol–water partition coefficient (Wildman–Crippen LogP) is 3.35. The van der Waals surface area contributed by atoms with E-state index in [-0.39, 0.29) is 11.7 Å². The molecule has 0 aliphatic heterocycles. The minimum atomic E-state index is -0.307. The monoisotopic (exact) mass is 240 g/mol. The number of carbonyl (C=O) groups excluding carboxylic acids is 1. The highest BCUT2D eigenvalue weighted by Gasteiger charge is 2.24. The van der Waals surface area contributed by atoms with Crippen LogP contribution >= 0.6 is 24.0 Å². The van der Waals surface area contributed by atoms with Gasteiger partial charge in [0.15, 0.2) is 5.76 Å². The molecule has 15 heavy (non-hydrogen) atoms. The standard InChI is InChI=1S/C11H12O2S2/c1-3-5-8(11(14)15-2)10(12)9-6-4-7-13-9/h3-4,6-8H,1,5H2,2H3/t8-/m1/s1. The topological polar surface area (TPSA) is 30.2 Å². The summed E-state index contributed by atoms with van der Waals surface area (Å²) in [5.41, 5.74) is 0. The molecule has 4 heteroatoms. The van der Waals surface area contributed by atoms with Gasteiger partial charge in [0.05, 0.1) is 16.4 Å². The van der Waals surface area contributed by atoms with Crippen LogP contribution in [0, 0.1) is 5.92 Å². The first-order valence-electron chi connectivity index (χ1n) is 4.47. The fourth-order valence-corrected chi connectivity index (χ4v) is 1.90. The Bertz CT molecular complexity index is 355. The summed E-state index contributed by atoms with van der Waals surface area (Å²) in [7, 11) is 0. The van der Waals surface area contributed by atoms with E-state index < -0.39 is 0 Å². The molecular formula is C11H12O2S2. The highest BCUT2D eigenvalue weighted by Crippen LogP contribution is 2.20. The Hall–Kier alpha value is -0.870. The molecule has 0 bridgehead atoms. The predicted molar refractivity (Wildman–Crippen MR) is 67.5 cm³/mol. The van der Waals surface area contributed by atoms with Crippen LogP contribution in [0.15, 0.2) is 35.5 Å². The van der Waals surface area contributed by atoms with Gasteiger partial charge in [-0.15, -0.1) is 18.3 Å². The number of thioether (sulfide) groups is 1. The molecule has 1 aromatic heterocycles. The molecule has 0 saturated heterocycles. The second-order valence-electron chi connectivity index (χ2n) is 2.94. The van der Waals surface area contributed by atoms with Gasteiger partial charge in [0.25, 0.3) is 0 Å². The van der Waals surface area contributed by atoms with E-state index in [0.717, 1.165) is 0 Å². The molecule has 0 radical (unpaired) electrons. The van der Waals surface area contributed by atoms with Crippen molar-refractivity contribution in [2.24, 2.45) is 5.92 Å². The van der Waals surface area contributed by atoms with Gasteiger partial charge in [0, 0.05) is 0 Å². The molecule has 0 aliphatic carbocycles. The van der Waals surface area contributed by atoms with E-state index in [0.29, 0.717) is 16.4 Å². The number of rotatable bonds is 5. The van der Waals surface area contributed by atoms with E-state index >= 15 is 0 Å². The Kier molecular flexibility index (Phi) is 4.78. The Morgan fingerprint density at radius 1 is 1.80 bits per heavy atom. The maximum Gasteiger partial charge on any atom is 0.207 e. The first-order valence-corrected chi connectivity index (χ1v) is 6.10. The van der Waals surface area contributed by atoms with Crippen molar-refractivity contribution in [1.82, 2.24) is 0 Å². The van der Waals surface area contributed by atoms with Crippen LogP contribution in [0.1, 0.15) is 17.0 Å². The zero-order valence-electron chi connectivity index (χ0n) is 8.43. The number of allylic oxidation sites excluding steroid dienone is 1. The largest absolute Gasteiger partial charge is 0.461 e. The second-order valence-corrected chi connectivity index (χ2v) is 4.49. The summed E-state index contributed by atoms with van der Waals surface area (Å²) in [5, 5.41) is 0. The fraction of sp³-hybridized carbons (Fsp3) is 0.273. The van der Waals surface area contributed by atoms with E-state index in [1.807, 2.05) is 6.26 Å². The van der Waals surface area contributed by atoms with Crippen molar-refractivity contribution < 1.29 is 9.21 Å². The van der Waals surface area contributed by atoms with Gasteiger partial charge in [-0.2, -0.15) is 0 Å². The molecule has 0 unspecified atom stereocenters. The third-order valence-corrected chi connectivity index (χ3v) is 3.44. The molecule has 0 amide bonds. The summed E-state index contributed by atoms with van der Waals surface area (Å²) in [6.45, 7) is 3.63. The van der Waals surface area contributed by atoms with Crippen LogP contribution in [0.5, 0.6) is 0 Å². The van der Waals surface area contributed by atoms with Crippen LogP contribution in [0.25, 0.3) is 0 Å². The molecule has 1 rings (SSSR count). The van der Waals surface area contributed by atoms with E-state index in [2.05, 4.69) is 6.58 Å². The van der Waals surface area contributed by atoms with Crippen LogP contribution < -0.4 is 0 Å². The zero-order chi connectivity index (χ0) is 11.3. The number of carbonyl (C=O) groups is 1. The smallest absolute Gasteiger partial charge is 0.207 e. The van der Waals surface area contributed by atoms with E-state index in [1.165, 1.54) is 18.0 Å². The number of furan rings is 1. The Morgan fingerprint density at radius 2 is 2.53 bits per heavy atom. The lowest BCUT2D eigenvalue weighted by Crippen LogP contribution is -2.19. The molecule has 0 spiro atoms. The number of hydrogen-bond donors (Lipinski definition) is 0. The molecule has 0 fully saturated rings. The van der Waals surface area contributed by atoms with E-state index in [4.69, 9.17) is 16.6 Å². The van der Waals surface area contributed by atoms with Crippen molar-refractivity contribution in [3.05, 3.63) is 36.8 Å². The lowest BCUT2D eigenvalue weighted by Gasteiger charge is -2.11. The summed E-state index contributed by atoms with van der Waals surface area (Å²) >= 11 is 6.56. The molecule has 1 heterocycles. The van der Waals surface area contributed by atoms with Crippen LogP contribution in [-0.4, -0.2) is 16.2 Å². The minimum Gasteiger partial charge on any atom is -0.461 e. The first-order chi connectivity index (χ1) is 7.20. The lowest BCUT2D eigenvalue weighted by atomic mass is 10.0. The van der Waals surface area contributed by atoms with Crippen LogP contribution in [0.3, 0.4) is 0 Å². The molecule has 0 aromatic carbocycles. The molecule has 0 N–H and O–H groups in total. The van der Waals surface area contributed by atoms with E-state index in [1.54, 1.807) is 18.2 Å². The number of thiocarbonyl (C=S) groups is 1. The number of ketones is 1. The van der Waals surface area contributed by atoms with Crippen LogP contribution in [-0.2, 0) is 0 Å². The minimum absolute atomic E-state index is 0.0701. The quantitative estimate of drug-likeness (QED) is 0.448. The third-order valence-electron chi connectivity index (χ3n) is 1.97. The van der Waals surface area contributed by atoms with Gasteiger partial charge in [-0.05, 0) is 24.8 Å². The normalized spacial score (nSPS) is 12.1. The van der Waals surface area contributed by atoms with Gasteiger partial charge in [-0.1, -0.05) is 18.3 Å². The summed E-state index contributed by atoms with van der Waals surface area (Å²) in [6, 6.07) is 3.35. The van der Waals surface area contributed by atoms with Gasteiger partial charge in [-0.25, -0.2) is 0 Å². The van der Waals surface area contributed by atoms with Crippen molar-refractivity contribution in [3.63, 3.8) is 0 Å².